The Hall–Kier alpha value is -1.88. The van der Waals surface area contributed by atoms with Gasteiger partial charge in [-0.05, 0) is 18.2 Å². The number of nitrogens with one attached hydrogen (secondary N) is 1. The number of rotatable bonds is 4. The van der Waals surface area contributed by atoms with Crippen molar-refractivity contribution in [1.82, 2.24) is 5.06 Å². The van der Waals surface area contributed by atoms with E-state index in [4.69, 9.17) is 4.84 Å². The van der Waals surface area contributed by atoms with Crippen LogP contribution in [0.2, 0.25) is 0 Å². The van der Waals surface area contributed by atoms with Crippen molar-refractivity contribution in [3.05, 3.63) is 29.8 Å². The molecule has 0 unspecified atom stereocenters. The van der Waals surface area contributed by atoms with Gasteiger partial charge in [0.1, 0.15) is 0 Å². The van der Waals surface area contributed by atoms with Gasteiger partial charge in [-0.15, -0.1) is 0 Å². The van der Waals surface area contributed by atoms with Crippen molar-refractivity contribution >= 4 is 17.5 Å². The number of carbonyl (C=O) groups is 2. The van der Waals surface area contributed by atoms with E-state index in [1.54, 1.807) is 31.2 Å². The Kier molecular flexibility index (Phi) is 4.66. The summed E-state index contributed by atoms with van der Waals surface area (Å²) < 4.78 is 0. The summed E-state index contributed by atoms with van der Waals surface area (Å²) in [5.74, 6) is -0.352. The lowest BCUT2D eigenvalue weighted by atomic mass is 10.2. The molecule has 0 bridgehead atoms. The lowest BCUT2D eigenvalue weighted by Crippen LogP contribution is -2.25. The van der Waals surface area contributed by atoms with E-state index in [0.29, 0.717) is 17.7 Å². The third kappa shape index (κ3) is 3.57. The molecule has 5 nitrogen and oxygen atoms in total. The summed E-state index contributed by atoms with van der Waals surface area (Å²) in [6.07, 6.45) is 0.399. The zero-order valence-corrected chi connectivity index (χ0v) is 10.2. The molecule has 92 valence electrons. The van der Waals surface area contributed by atoms with Crippen LogP contribution in [-0.4, -0.2) is 31.0 Å². The minimum atomic E-state index is -0.264. The number of hydrogen-bond donors (Lipinski definition) is 1. The van der Waals surface area contributed by atoms with Gasteiger partial charge >= 0.3 is 0 Å². The van der Waals surface area contributed by atoms with Crippen LogP contribution in [0, 0.1) is 0 Å². The normalized spacial score (nSPS) is 9.82. The van der Waals surface area contributed by atoms with Gasteiger partial charge in [-0.3, -0.25) is 14.4 Å². The highest BCUT2D eigenvalue weighted by molar-refractivity contribution is 5.96. The average molecular weight is 236 g/mol. The van der Waals surface area contributed by atoms with E-state index in [1.165, 1.54) is 14.2 Å². The van der Waals surface area contributed by atoms with E-state index in [9.17, 15) is 9.59 Å². The molecule has 0 saturated heterocycles. The van der Waals surface area contributed by atoms with E-state index >= 15 is 0 Å². The van der Waals surface area contributed by atoms with Crippen LogP contribution in [0.4, 0.5) is 5.69 Å². The van der Waals surface area contributed by atoms with Crippen LogP contribution in [0.15, 0.2) is 24.3 Å². The molecule has 0 heterocycles. The predicted molar refractivity (Wildman–Crippen MR) is 64.5 cm³/mol. The number of carbonyl (C=O) groups excluding carboxylic acids is 2. The van der Waals surface area contributed by atoms with Crippen molar-refractivity contribution < 1.29 is 14.4 Å². The fraction of sp³-hybridized carbons (Fsp3) is 0.333. The molecule has 0 saturated carbocycles. The first kappa shape index (κ1) is 13.2. The number of hydrogen-bond acceptors (Lipinski definition) is 3. The van der Waals surface area contributed by atoms with Crippen LogP contribution in [0.5, 0.6) is 0 Å². The van der Waals surface area contributed by atoms with Crippen LogP contribution in [0.1, 0.15) is 23.7 Å². The Morgan fingerprint density at radius 1 is 1.41 bits per heavy atom. The van der Waals surface area contributed by atoms with Crippen molar-refractivity contribution in [1.29, 1.82) is 0 Å². The van der Waals surface area contributed by atoms with Crippen LogP contribution in [-0.2, 0) is 9.63 Å². The fourth-order valence-electron chi connectivity index (χ4n) is 1.24. The molecular formula is C12H16N2O3. The minimum absolute atomic E-state index is 0.0882. The van der Waals surface area contributed by atoms with Crippen molar-refractivity contribution in [3.63, 3.8) is 0 Å². The largest absolute Gasteiger partial charge is 0.326 e. The Bertz CT molecular complexity index is 418. The third-order valence-electron chi connectivity index (χ3n) is 2.27. The van der Waals surface area contributed by atoms with Crippen molar-refractivity contribution in [2.75, 3.05) is 19.5 Å². The summed E-state index contributed by atoms with van der Waals surface area (Å²) in [6, 6.07) is 6.73. The second-order valence-corrected chi connectivity index (χ2v) is 3.47. The molecule has 2 amide bonds. The number of amides is 2. The van der Waals surface area contributed by atoms with Crippen molar-refractivity contribution in [3.8, 4) is 0 Å². The van der Waals surface area contributed by atoms with Crippen LogP contribution >= 0.6 is 0 Å². The van der Waals surface area contributed by atoms with E-state index < -0.39 is 0 Å². The van der Waals surface area contributed by atoms with E-state index in [-0.39, 0.29) is 11.8 Å². The summed E-state index contributed by atoms with van der Waals surface area (Å²) in [6.45, 7) is 1.77. The maximum Gasteiger partial charge on any atom is 0.277 e. The standard InChI is InChI=1S/C12H16N2O3/c1-4-11(15)13-10-7-5-6-9(8-10)12(16)14(2)17-3/h5-8H,4H2,1-3H3,(H,13,15). The summed E-state index contributed by atoms with van der Waals surface area (Å²) >= 11 is 0. The monoisotopic (exact) mass is 236 g/mol. The number of nitrogens with zero attached hydrogens (tertiary/aromatic N) is 1. The third-order valence-corrected chi connectivity index (χ3v) is 2.27. The first-order chi connectivity index (χ1) is 8.08. The zero-order chi connectivity index (χ0) is 12.8. The van der Waals surface area contributed by atoms with Gasteiger partial charge in [-0.1, -0.05) is 13.0 Å². The van der Waals surface area contributed by atoms with Gasteiger partial charge < -0.3 is 5.32 Å². The second-order valence-electron chi connectivity index (χ2n) is 3.47. The molecule has 0 fully saturated rings. The molecule has 1 aromatic rings. The number of anilines is 1. The molecule has 0 aliphatic heterocycles. The van der Waals surface area contributed by atoms with E-state index in [2.05, 4.69) is 5.32 Å². The molecule has 0 aliphatic rings. The molecular weight excluding hydrogens is 220 g/mol. The Morgan fingerprint density at radius 3 is 2.71 bits per heavy atom. The molecule has 0 atom stereocenters. The molecule has 0 radical (unpaired) electrons. The Labute approximate surface area is 100 Å². The van der Waals surface area contributed by atoms with Gasteiger partial charge in [-0.2, -0.15) is 0 Å². The smallest absolute Gasteiger partial charge is 0.277 e. The lowest BCUT2D eigenvalue weighted by Gasteiger charge is -2.14. The first-order valence-corrected chi connectivity index (χ1v) is 5.30. The second kappa shape index (κ2) is 6.00. The molecule has 5 heteroatoms. The minimum Gasteiger partial charge on any atom is -0.326 e. The van der Waals surface area contributed by atoms with Gasteiger partial charge in [0.2, 0.25) is 5.91 Å². The van der Waals surface area contributed by atoms with E-state index in [0.717, 1.165) is 5.06 Å². The quantitative estimate of drug-likeness (QED) is 0.809. The molecule has 0 spiro atoms. The van der Waals surface area contributed by atoms with Gasteiger partial charge in [0.15, 0.2) is 0 Å². The van der Waals surface area contributed by atoms with Crippen molar-refractivity contribution in [2.45, 2.75) is 13.3 Å². The highest BCUT2D eigenvalue weighted by Gasteiger charge is 2.11. The summed E-state index contributed by atoms with van der Waals surface area (Å²) in [7, 11) is 2.94. The molecule has 0 aliphatic carbocycles. The SMILES string of the molecule is CCC(=O)Nc1cccc(C(=O)N(C)OC)c1. The zero-order valence-electron chi connectivity index (χ0n) is 10.2. The maximum atomic E-state index is 11.8. The van der Waals surface area contributed by atoms with Gasteiger partial charge in [-0.25, -0.2) is 5.06 Å². The Balaban J connectivity index is 2.85. The lowest BCUT2D eigenvalue weighted by molar-refractivity contribution is -0.115. The highest BCUT2D eigenvalue weighted by Crippen LogP contribution is 2.12. The summed E-state index contributed by atoms with van der Waals surface area (Å²) in [4.78, 5) is 27.8. The molecule has 1 aromatic carbocycles. The molecule has 17 heavy (non-hydrogen) atoms. The van der Waals surface area contributed by atoms with Gasteiger partial charge in [0.05, 0.1) is 7.11 Å². The van der Waals surface area contributed by atoms with Gasteiger partial charge in [0.25, 0.3) is 5.91 Å². The van der Waals surface area contributed by atoms with Crippen molar-refractivity contribution in [2.24, 2.45) is 0 Å². The Morgan fingerprint density at radius 2 is 2.12 bits per heavy atom. The van der Waals surface area contributed by atoms with Gasteiger partial charge in [0, 0.05) is 24.7 Å². The highest BCUT2D eigenvalue weighted by atomic mass is 16.7. The van der Waals surface area contributed by atoms with Crippen LogP contribution in [0.3, 0.4) is 0 Å². The van der Waals surface area contributed by atoms with Crippen LogP contribution < -0.4 is 5.32 Å². The predicted octanol–water partition coefficient (Wildman–Crippen LogP) is 1.67. The van der Waals surface area contributed by atoms with E-state index in [1.807, 2.05) is 0 Å². The number of hydroxylamine groups is 2. The average Bonchev–Trinajstić information content (AvgIpc) is 2.37. The molecule has 0 aromatic heterocycles. The molecule has 1 N–H and O–H groups in total. The number of benzene rings is 1. The first-order valence-electron chi connectivity index (χ1n) is 5.30. The summed E-state index contributed by atoms with van der Waals surface area (Å²) in [5, 5.41) is 3.82. The van der Waals surface area contributed by atoms with Crippen LogP contribution in [0.25, 0.3) is 0 Å². The topological polar surface area (TPSA) is 58.6 Å². The maximum absolute atomic E-state index is 11.8. The summed E-state index contributed by atoms with van der Waals surface area (Å²) in [5.41, 5.74) is 1.07. The molecule has 1 rings (SSSR count). The fourth-order valence-corrected chi connectivity index (χ4v) is 1.24.